The fraction of sp³-hybridized carbons (Fsp3) is 0.600. The first-order valence-electron chi connectivity index (χ1n) is 6.70. The van der Waals surface area contributed by atoms with E-state index in [-0.39, 0.29) is 12.1 Å². The van der Waals surface area contributed by atoms with Gasteiger partial charge in [0.15, 0.2) is 0 Å². The summed E-state index contributed by atoms with van der Waals surface area (Å²) in [6, 6.07) is 8.07. The van der Waals surface area contributed by atoms with Crippen molar-refractivity contribution in [3.8, 4) is 0 Å². The minimum Gasteiger partial charge on any atom is -0.396 e. The third-order valence-corrected chi connectivity index (χ3v) is 4.46. The summed E-state index contributed by atoms with van der Waals surface area (Å²) in [4.78, 5) is 2.43. The van der Waals surface area contributed by atoms with Crippen LogP contribution < -0.4 is 4.90 Å². The Morgan fingerprint density at radius 3 is 2.89 bits per heavy atom. The smallest absolute Gasteiger partial charge is 0.0434 e. The van der Waals surface area contributed by atoms with Crippen LogP contribution in [0.25, 0.3) is 0 Å². The molecule has 0 bridgehead atoms. The molecule has 1 unspecified atom stereocenters. The number of halogens is 1. The van der Waals surface area contributed by atoms with E-state index < -0.39 is 0 Å². The zero-order valence-corrected chi connectivity index (χ0v) is 12.0. The maximum atomic E-state index is 9.21. The summed E-state index contributed by atoms with van der Waals surface area (Å²) >= 11 is 6.09. The van der Waals surface area contributed by atoms with E-state index in [0.717, 1.165) is 18.0 Å². The van der Waals surface area contributed by atoms with Crippen LogP contribution in [0, 0.1) is 5.92 Å². The molecule has 0 aromatic heterocycles. The first-order valence-corrected chi connectivity index (χ1v) is 7.07. The molecule has 1 fully saturated rings. The van der Waals surface area contributed by atoms with Gasteiger partial charge in [-0.05, 0) is 57.2 Å². The number of anilines is 1. The molecule has 1 saturated heterocycles. The third kappa shape index (κ3) is 2.65. The van der Waals surface area contributed by atoms with E-state index >= 15 is 0 Å². The lowest BCUT2D eigenvalue weighted by Gasteiger charge is -2.49. The number of benzene rings is 1. The molecule has 0 radical (unpaired) electrons. The summed E-state index contributed by atoms with van der Waals surface area (Å²) in [5, 5.41) is 10.00. The molecule has 0 amide bonds. The molecule has 1 aliphatic heterocycles. The first-order chi connectivity index (χ1) is 8.55. The Balaban J connectivity index is 2.26. The fourth-order valence-electron chi connectivity index (χ4n) is 3.12. The standard InChI is InChI=1S/C15H22ClNO/c1-15(2)12(8-10-18)5-4-9-17(15)14-7-3-6-13(16)11-14/h3,6-7,11-12,18H,4-5,8-10H2,1-2H3. The number of nitrogens with zero attached hydrogens (tertiary/aromatic N) is 1. The van der Waals surface area contributed by atoms with Crippen molar-refractivity contribution in [3.05, 3.63) is 29.3 Å². The van der Waals surface area contributed by atoms with Gasteiger partial charge in [0, 0.05) is 29.4 Å². The molecule has 1 aromatic rings. The zero-order valence-electron chi connectivity index (χ0n) is 11.2. The van der Waals surface area contributed by atoms with Crippen molar-refractivity contribution in [2.45, 2.75) is 38.6 Å². The molecule has 1 heterocycles. The van der Waals surface area contributed by atoms with Crippen LogP contribution in [0.5, 0.6) is 0 Å². The monoisotopic (exact) mass is 267 g/mol. The molecule has 2 rings (SSSR count). The third-order valence-electron chi connectivity index (χ3n) is 4.23. The summed E-state index contributed by atoms with van der Waals surface area (Å²) in [6.45, 7) is 5.88. The Hall–Kier alpha value is -0.730. The largest absolute Gasteiger partial charge is 0.396 e. The molecule has 0 spiro atoms. The Labute approximate surface area is 115 Å². The first kappa shape index (κ1) is 13.7. The Morgan fingerprint density at radius 2 is 2.22 bits per heavy atom. The maximum absolute atomic E-state index is 9.21. The van der Waals surface area contributed by atoms with Crippen LogP contribution in [0.2, 0.25) is 5.02 Å². The summed E-state index contributed by atoms with van der Waals surface area (Å²) < 4.78 is 0. The molecule has 2 nitrogen and oxygen atoms in total. The van der Waals surface area contributed by atoms with E-state index in [0.29, 0.717) is 5.92 Å². The lowest BCUT2D eigenvalue weighted by molar-refractivity contribution is 0.176. The van der Waals surface area contributed by atoms with E-state index in [4.69, 9.17) is 11.6 Å². The number of rotatable bonds is 3. The predicted molar refractivity (Wildman–Crippen MR) is 77.3 cm³/mol. The lowest BCUT2D eigenvalue weighted by Crippen LogP contribution is -2.53. The lowest BCUT2D eigenvalue weighted by atomic mass is 9.77. The number of aliphatic hydroxyl groups is 1. The maximum Gasteiger partial charge on any atom is 0.0434 e. The van der Waals surface area contributed by atoms with Gasteiger partial charge < -0.3 is 10.0 Å². The molecular weight excluding hydrogens is 246 g/mol. The molecule has 18 heavy (non-hydrogen) atoms. The van der Waals surface area contributed by atoms with Gasteiger partial charge in [0.05, 0.1) is 0 Å². The molecule has 3 heteroatoms. The highest BCUT2D eigenvalue weighted by atomic mass is 35.5. The van der Waals surface area contributed by atoms with Gasteiger partial charge in [0.2, 0.25) is 0 Å². The Kier molecular flexibility index (Phi) is 4.18. The molecule has 100 valence electrons. The van der Waals surface area contributed by atoms with Gasteiger partial charge in [-0.15, -0.1) is 0 Å². The van der Waals surface area contributed by atoms with Crippen molar-refractivity contribution in [3.63, 3.8) is 0 Å². The highest BCUT2D eigenvalue weighted by Crippen LogP contribution is 2.38. The summed E-state index contributed by atoms with van der Waals surface area (Å²) in [7, 11) is 0. The van der Waals surface area contributed by atoms with E-state index in [1.54, 1.807) is 0 Å². The van der Waals surface area contributed by atoms with Crippen molar-refractivity contribution in [1.29, 1.82) is 0 Å². The molecule has 1 N–H and O–H groups in total. The second-order valence-corrected chi connectivity index (χ2v) is 6.07. The van der Waals surface area contributed by atoms with Gasteiger partial charge in [-0.1, -0.05) is 17.7 Å². The quantitative estimate of drug-likeness (QED) is 0.902. The topological polar surface area (TPSA) is 23.5 Å². The van der Waals surface area contributed by atoms with Crippen molar-refractivity contribution >= 4 is 17.3 Å². The SMILES string of the molecule is CC1(C)C(CCO)CCCN1c1cccc(Cl)c1. The van der Waals surface area contributed by atoms with E-state index in [9.17, 15) is 5.11 Å². The Morgan fingerprint density at radius 1 is 1.44 bits per heavy atom. The number of hydrogen-bond acceptors (Lipinski definition) is 2. The van der Waals surface area contributed by atoms with Crippen LogP contribution in [-0.4, -0.2) is 23.8 Å². The van der Waals surface area contributed by atoms with Gasteiger partial charge in [-0.2, -0.15) is 0 Å². The number of hydrogen-bond donors (Lipinski definition) is 1. The van der Waals surface area contributed by atoms with Crippen LogP contribution in [0.1, 0.15) is 33.1 Å². The van der Waals surface area contributed by atoms with Gasteiger partial charge in [-0.25, -0.2) is 0 Å². The second kappa shape index (κ2) is 5.50. The van der Waals surface area contributed by atoms with E-state index in [1.165, 1.54) is 18.5 Å². The van der Waals surface area contributed by atoms with Gasteiger partial charge in [-0.3, -0.25) is 0 Å². The Bertz CT molecular complexity index is 403. The second-order valence-electron chi connectivity index (χ2n) is 5.64. The summed E-state index contributed by atoms with van der Waals surface area (Å²) in [5.74, 6) is 0.537. The predicted octanol–water partition coefficient (Wildman–Crippen LogP) is 3.72. The highest BCUT2D eigenvalue weighted by Gasteiger charge is 2.38. The normalized spacial score (nSPS) is 23.1. The van der Waals surface area contributed by atoms with Crippen LogP contribution >= 0.6 is 11.6 Å². The fourth-order valence-corrected chi connectivity index (χ4v) is 3.30. The number of piperidine rings is 1. The van der Waals surface area contributed by atoms with Crippen LogP contribution in [0.3, 0.4) is 0 Å². The minimum absolute atomic E-state index is 0.0751. The minimum atomic E-state index is 0.0751. The molecular formula is C15H22ClNO. The van der Waals surface area contributed by atoms with Gasteiger partial charge in [0.1, 0.15) is 0 Å². The van der Waals surface area contributed by atoms with Crippen LogP contribution in [-0.2, 0) is 0 Å². The average molecular weight is 268 g/mol. The van der Waals surface area contributed by atoms with Crippen molar-refractivity contribution in [2.75, 3.05) is 18.1 Å². The van der Waals surface area contributed by atoms with Crippen LogP contribution in [0.4, 0.5) is 5.69 Å². The van der Waals surface area contributed by atoms with Crippen LogP contribution in [0.15, 0.2) is 24.3 Å². The molecule has 0 saturated carbocycles. The van der Waals surface area contributed by atoms with Gasteiger partial charge >= 0.3 is 0 Å². The molecule has 1 atom stereocenters. The highest BCUT2D eigenvalue weighted by molar-refractivity contribution is 6.30. The summed E-state index contributed by atoms with van der Waals surface area (Å²) in [6.07, 6.45) is 3.26. The van der Waals surface area contributed by atoms with E-state index in [2.05, 4.69) is 24.8 Å². The molecule has 1 aliphatic rings. The zero-order chi connectivity index (χ0) is 13.2. The van der Waals surface area contributed by atoms with E-state index in [1.807, 2.05) is 18.2 Å². The van der Waals surface area contributed by atoms with Gasteiger partial charge in [0.25, 0.3) is 0 Å². The van der Waals surface area contributed by atoms with Crippen molar-refractivity contribution < 1.29 is 5.11 Å². The molecule has 0 aliphatic carbocycles. The van der Waals surface area contributed by atoms with Crippen molar-refractivity contribution in [1.82, 2.24) is 0 Å². The summed E-state index contributed by atoms with van der Waals surface area (Å²) in [5.41, 5.74) is 1.27. The number of aliphatic hydroxyl groups excluding tert-OH is 1. The van der Waals surface area contributed by atoms with Crippen molar-refractivity contribution in [2.24, 2.45) is 5.92 Å². The molecule has 1 aromatic carbocycles. The average Bonchev–Trinajstić information content (AvgIpc) is 2.31.